The van der Waals surface area contributed by atoms with Gasteiger partial charge in [0.15, 0.2) is 0 Å². The van der Waals surface area contributed by atoms with E-state index in [0.29, 0.717) is 19.5 Å². The predicted octanol–water partition coefficient (Wildman–Crippen LogP) is 2.40. The molecule has 1 amide bonds. The normalized spacial score (nSPS) is 15.1. The number of benzene rings is 1. The number of ether oxygens (including phenoxy) is 1. The third-order valence-corrected chi connectivity index (χ3v) is 4.18. The summed E-state index contributed by atoms with van der Waals surface area (Å²) in [6.45, 7) is 3.57. The van der Waals surface area contributed by atoms with Crippen LogP contribution in [0.4, 0.5) is 0 Å². The Labute approximate surface area is 157 Å². The van der Waals surface area contributed by atoms with Gasteiger partial charge in [-0.15, -0.1) is 24.8 Å². The van der Waals surface area contributed by atoms with Gasteiger partial charge in [0.25, 0.3) is 0 Å². The average molecular weight is 378 g/mol. The Hall–Kier alpha value is -1.01. The van der Waals surface area contributed by atoms with Gasteiger partial charge in [0.2, 0.25) is 5.91 Å². The molecule has 7 heteroatoms. The summed E-state index contributed by atoms with van der Waals surface area (Å²) in [5, 5.41) is 6.07. The molecule has 1 unspecified atom stereocenters. The lowest BCUT2D eigenvalue weighted by molar-refractivity contribution is -0.121. The van der Waals surface area contributed by atoms with Gasteiger partial charge in [-0.3, -0.25) is 9.69 Å². The van der Waals surface area contributed by atoms with E-state index in [1.54, 1.807) is 7.11 Å². The van der Waals surface area contributed by atoms with E-state index in [2.05, 4.69) is 27.7 Å². The molecule has 1 atom stereocenters. The molecule has 0 aliphatic carbocycles. The minimum absolute atomic E-state index is 0. The largest absolute Gasteiger partial charge is 0.497 e. The van der Waals surface area contributed by atoms with Crippen molar-refractivity contribution in [1.29, 1.82) is 0 Å². The maximum atomic E-state index is 11.9. The van der Waals surface area contributed by atoms with E-state index in [9.17, 15) is 4.79 Å². The first-order valence-electron chi connectivity index (χ1n) is 8.04. The molecule has 0 bridgehead atoms. The second-order valence-corrected chi connectivity index (χ2v) is 5.69. The fraction of sp³-hybridized carbons (Fsp3) is 0.588. The van der Waals surface area contributed by atoms with Crippen LogP contribution in [0.15, 0.2) is 24.3 Å². The lowest BCUT2D eigenvalue weighted by Gasteiger charge is -2.28. The molecular weight excluding hydrogens is 349 g/mol. The Bertz CT molecular complexity index is 465. The Morgan fingerprint density at radius 2 is 1.83 bits per heavy atom. The van der Waals surface area contributed by atoms with Crippen LogP contribution in [0.5, 0.6) is 5.75 Å². The van der Waals surface area contributed by atoms with Gasteiger partial charge in [-0.05, 0) is 50.7 Å². The van der Waals surface area contributed by atoms with Crippen LogP contribution in [0.1, 0.15) is 30.9 Å². The fourth-order valence-corrected chi connectivity index (χ4v) is 2.87. The number of carbonyl (C=O) groups excluding carboxylic acids is 1. The molecule has 0 aromatic heterocycles. The summed E-state index contributed by atoms with van der Waals surface area (Å²) >= 11 is 0. The predicted molar refractivity (Wildman–Crippen MR) is 103 cm³/mol. The van der Waals surface area contributed by atoms with Gasteiger partial charge in [0.1, 0.15) is 5.75 Å². The maximum absolute atomic E-state index is 11.9. The number of carbonyl (C=O) groups is 1. The molecule has 1 aliphatic heterocycles. The highest BCUT2D eigenvalue weighted by atomic mass is 35.5. The number of amides is 1. The van der Waals surface area contributed by atoms with Gasteiger partial charge >= 0.3 is 0 Å². The first kappa shape index (κ1) is 23.0. The molecule has 0 spiro atoms. The molecule has 5 nitrogen and oxygen atoms in total. The zero-order valence-corrected chi connectivity index (χ0v) is 16.0. The minimum atomic E-state index is 0. The highest BCUT2D eigenvalue weighted by Gasteiger charge is 2.23. The fourth-order valence-electron chi connectivity index (χ4n) is 2.87. The van der Waals surface area contributed by atoms with Crippen molar-refractivity contribution < 1.29 is 9.53 Å². The van der Waals surface area contributed by atoms with E-state index in [-0.39, 0.29) is 36.8 Å². The van der Waals surface area contributed by atoms with Crippen LogP contribution in [-0.4, -0.2) is 51.1 Å². The van der Waals surface area contributed by atoms with Crippen molar-refractivity contribution in [3.05, 3.63) is 29.8 Å². The highest BCUT2D eigenvalue weighted by molar-refractivity contribution is 5.85. The summed E-state index contributed by atoms with van der Waals surface area (Å²) in [6, 6.07) is 8.41. The van der Waals surface area contributed by atoms with Crippen molar-refractivity contribution in [2.24, 2.45) is 0 Å². The van der Waals surface area contributed by atoms with Crippen molar-refractivity contribution in [2.75, 3.05) is 40.3 Å². The summed E-state index contributed by atoms with van der Waals surface area (Å²) in [4.78, 5) is 14.3. The maximum Gasteiger partial charge on any atom is 0.221 e. The van der Waals surface area contributed by atoms with E-state index in [1.807, 2.05) is 19.2 Å². The smallest absolute Gasteiger partial charge is 0.221 e. The Kier molecular flexibility index (Phi) is 11.8. The number of methoxy groups -OCH3 is 1. The Balaban J connectivity index is 0.00000264. The third-order valence-electron chi connectivity index (χ3n) is 4.18. The van der Waals surface area contributed by atoms with Crippen LogP contribution >= 0.6 is 24.8 Å². The van der Waals surface area contributed by atoms with Gasteiger partial charge in [-0.25, -0.2) is 0 Å². The summed E-state index contributed by atoms with van der Waals surface area (Å²) in [5.74, 6) is 0.967. The average Bonchev–Trinajstić information content (AvgIpc) is 3.08. The second-order valence-electron chi connectivity index (χ2n) is 5.69. The van der Waals surface area contributed by atoms with Crippen LogP contribution in [0.3, 0.4) is 0 Å². The first-order chi connectivity index (χ1) is 10.7. The van der Waals surface area contributed by atoms with Crippen LogP contribution in [0.25, 0.3) is 0 Å². The van der Waals surface area contributed by atoms with Gasteiger partial charge in [-0.2, -0.15) is 0 Å². The van der Waals surface area contributed by atoms with E-state index in [1.165, 1.54) is 18.4 Å². The topological polar surface area (TPSA) is 53.6 Å². The van der Waals surface area contributed by atoms with Crippen molar-refractivity contribution >= 4 is 30.7 Å². The molecule has 2 rings (SSSR count). The molecule has 138 valence electrons. The summed E-state index contributed by atoms with van der Waals surface area (Å²) in [6.07, 6.45) is 2.99. The highest BCUT2D eigenvalue weighted by Crippen LogP contribution is 2.26. The van der Waals surface area contributed by atoms with Crippen molar-refractivity contribution in [3.63, 3.8) is 0 Å². The van der Waals surface area contributed by atoms with Gasteiger partial charge in [-0.1, -0.05) is 12.1 Å². The molecule has 0 saturated carbocycles. The number of hydrogen-bond donors (Lipinski definition) is 2. The van der Waals surface area contributed by atoms with Crippen molar-refractivity contribution in [3.8, 4) is 5.75 Å². The molecule has 2 N–H and O–H groups in total. The lowest BCUT2D eigenvalue weighted by atomic mass is 10.1. The first-order valence-corrected chi connectivity index (χ1v) is 8.04. The quantitative estimate of drug-likeness (QED) is 0.730. The zero-order chi connectivity index (χ0) is 15.8. The van der Waals surface area contributed by atoms with E-state index >= 15 is 0 Å². The number of nitrogens with zero attached hydrogens (tertiary/aromatic N) is 1. The Morgan fingerprint density at radius 1 is 1.21 bits per heavy atom. The molecule has 1 fully saturated rings. The SMILES string of the molecule is CNCCC(=O)NCC(c1ccc(OC)cc1)N1CCCC1.Cl.Cl. The van der Waals surface area contributed by atoms with Crippen molar-refractivity contribution in [1.82, 2.24) is 15.5 Å². The van der Waals surface area contributed by atoms with Crippen LogP contribution in [-0.2, 0) is 4.79 Å². The molecule has 1 aromatic rings. The molecule has 1 saturated heterocycles. The van der Waals surface area contributed by atoms with Crippen molar-refractivity contribution in [2.45, 2.75) is 25.3 Å². The molecule has 1 heterocycles. The molecule has 1 aliphatic rings. The number of nitrogens with one attached hydrogen (secondary N) is 2. The van der Waals surface area contributed by atoms with Crippen LogP contribution < -0.4 is 15.4 Å². The third kappa shape index (κ3) is 6.85. The lowest BCUT2D eigenvalue weighted by Crippen LogP contribution is -2.37. The Morgan fingerprint density at radius 3 is 2.38 bits per heavy atom. The van der Waals surface area contributed by atoms with Crippen LogP contribution in [0.2, 0.25) is 0 Å². The van der Waals surface area contributed by atoms with E-state index in [4.69, 9.17) is 4.74 Å². The molecular formula is C17H29Cl2N3O2. The number of hydrogen-bond acceptors (Lipinski definition) is 4. The second kappa shape index (κ2) is 12.4. The van der Waals surface area contributed by atoms with Gasteiger partial charge in [0, 0.05) is 19.5 Å². The molecule has 1 aromatic carbocycles. The minimum Gasteiger partial charge on any atom is -0.497 e. The summed E-state index contributed by atoms with van der Waals surface area (Å²) in [5.41, 5.74) is 1.23. The number of rotatable bonds is 8. The summed E-state index contributed by atoms with van der Waals surface area (Å²) in [7, 11) is 3.53. The molecule has 0 radical (unpaired) electrons. The van der Waals surface area contributed by atoms with E-state index in [0.717, 1.165) is 18.8 Å². The van der Waals surface area contributed by atoms with Gasteiger partial charge < -0.3 is 15.4 Å². The number of likely N-dealkylation sites (tertiary alicyclic amines) is 1. The molecule has 24 heavy (non-hydrogen) atoms. The zero-order valence-electron chi connectivity index (χ0n) is 14.4. The van der Waals surface area contributed by atoms with E-state index < -0.39 is 0 Å². The monoisotopic (exact) mass is 377 g/mol. The summed E-state index contributed by atoms with van der Waals surface area (Å²) < 4.78 is 5.23. The van der Waals surface area contributed by atoms with Crippen LogP contribution in [0, 0.1) is 0 Å². The number of halogens is 2. The standard InChI is InChI=1S/C17H27N3O2.2ClH/c1-18-10-9-17(21)19-13-16(20-11-3-4-12-20)14-5-7-15(22-2)8-6-14;;/h5-8,16,18H,3-4,9-13H2,1-2H3,(H,19,21);2*1H. The van der Waals surface area contributed by atoms with Gasteiger partial charge in [0.05, 0.1) is 13.2 Å².